The Labute approximate surface area is 272 Å². The van der Waals surface area contributed by atoms with Crippen LogP contribution in [0.3, 0.4) is 0 Å². The molecule has 2 saturated heterocycles. The molecule has 2 aliphatic heterocycles. The topological polar surface area (TPSA) is 263 Å². The van der Waals surface area contributed by atoms with Crippen molar-refractivity contribution in [2.45, 2.75) is 103 Å². The summed E-state index contributed by atoms with van der Waals surface area (Å²) in [4.78, 5) is 92.3. The number of carboxylic acid groups (broad SMARTS) is 2. The lowest BCUT2D eigenvalue weighted by atomic mass is 10.1. The molecule has 0 bridgehead atoms. The summed E-state index contributed by atoms with van der Waals surface area (Å²) in [5.41, 5.74) is 0. The second-order valence-electron chi connectivity index (χ2n) is 10.2. The first-order valence-corrected chi connectivity index (χ1v) is 14.3. The number of hydrogen-bond donors (Lipinski definition) is 4. The fourth-order valence-corrected chi connectivity index (χ4v) is 3.75. The minimum atomic E-state index is -1.37. The van der Waals surface area contributed by atoms with E-state index in [1.807, 2.05) is 0 Å². The Morgan fingerprint density at radius 3 is 1.53 bits per heavy atom. The standard InChI is InChI=1S/C27H38N2O16.2CH4/c30-20(4-2-1-3-5-24(36)42-13-18(6-16-11-40-16)44-26(38)9-22(32)33)28-15-29-21(31)8-25(37)43-14-19(7-17-12-41-17)45-27(39)10-23(34)35;;/h16-19H,1-15H2,(H,28,30)(H,29,31)(H,32,33)(H,34,35);2*1H4. The van der Waals surface area contributed by atoms with Gasteiger partial charge in [0, 0.05) is 25.7 Å². The van der Waals surface area contributed by atoms with Gasteiger partial charge in [-0.2, -0.15) is 0 Å². The predicted octanol–water partition coefficient (Wildman–Crippen LogP) is 0.226. The quantitative estimate of drug-likeness (QED) is 0.0266. The Balaban J connectivity index is 0.0000106. The molecule has 2 rings (SSSR count). The maximum absolute atomic E-state index is 12.0. The zero-order valence-corrected chi connectivity index (χ0v) is 24.5. The van der Waals surface area contributed by atoms with Crippen LogP contribution in [-0.4, -0.2) is 115 Å². The van der Waals surface area contributed by atoms with Crippen LogP contribution in [0.2, 0.25) is 0 Å². The van der Waals surface area contributed by atoms with Crippen molar-refractivity contribution in [3.8, 4) is 0 Å². The number of ether oxygens (including phenoxy) is 6. The van der Waals surface area contributed by atoms with Crippen LogP contribution < -0.4 is 10.6 Å². The van der Waals surface area contributed by atoms with Crippen LogP contribution in [0.25, 0.3) is 0 Å². The van der Waals surface area contributed by atoms with Gasteiger partial charge in [-0.15, -0.1) is 0 Å². The van der Waals surface area contributed by atoms with Crippen LogP contribution in [0.1, 0.15) is 79.1 Å². The summed E-state index contributed by atoms with van der Waals surface area (Å²) in [6.45, 7) is 0.0637. The van der Waals surface area contributed by atoms with E-state index in [1.165, 1.54) is 0 Å². The molecule has 0 aromatic carbocycles. The highest BCUT2D eigenvalue weighted by molar-refractivity contribution is 5.94. The van der Waals surface area contributed by atoms with Gasteiger partial charge in [0.25, 0.3) is 0 Å². The highest BCUT2D eigenvalue weighted by atomic mass is 16.6. The molecule has 0 radical (unpaired) electrons. The van der Waals surface area contributed by atoms with Gasteiger partial charge < -0.3 is 49.3 Å². The number of nitrogens with one attached hydrogen (secondary N) is 2. The molecule has 4 unspecified atom stereocenters. The number of carbonyl (C=O) groups is 8. The highest BCUT2D eigenvalue weighted by Gasteiger charge is 2.31. The van der Waals surface area contributed by atoms with Gasteiger partial charge >= 0.3 is 35.8 Å². The number of amides is 2. The first kappa shape index (κ1) is 42.7. The summed E-state index contributed by atoms with van der Waals surface area (Å²) in [6, 6.07) is 0. The number of hydrogen-bond acceptors (Lipinski definition) is 14. The molecule has 268 valence electrons. The van der Waals surface area contributed by atoms with Gasteiger partial charge in [0.15, 0.2) is 0 Å². The Kier molecular flexibility index (Phi) is 20.9. The summed E-state index contributed by atoms with van der Waals surface area (Å²) in [5, 5.41) is 22.1. The lowest BCUT2D eigenvalue weighted by Crippen LogP contribution is -2.38. The molecule has 0 aliphatic carbocycles. The predicted molar refractivity (Wildman–Crippen MR) is 157 cm³/mol. The Morgan fingerprint density at radius 2 is 1.06 bits per heavy atom. The largest absolute Gasteiger partial charge is 0.481 e. The average molecular weight is 679 g/mol. The zero-order valence-electron chi connectivity index (χ0n) is 24.5. The normalized spacial score (nSPS) is 16.8. The molecule has 2 heterocycles. The molecular formula is C29H46N2O16. The number of aliphatic carboxylic acids is 2. The second-order valence-corrected chi connectivity index (χ2v) is 10.2. The third-order valence-electron chi connectivity index (χ3n) is 6.06. The van der Waals surface area contributed by atoms with Gasteiger partial charge in [0.1, 0.15) is 44.7 Å². The van der Waals surface area contributed by atoms with Crippen LogP contribution in [-0.2, 0) is 66.8 Å². The summed E-state index contributed by atoms with van der Waals surface area (Å²) in [5.74, 6) is -7.20. The van der Waals surface area contributed by atoms with Crippen LogP contribution in [0.5, 0.6) is 0 Å². The molecule has 0 aromatic rings. The summed E-state index contributed by atoms with van der Waals surface area (Å²) >= 11 is 0. The number of esters is 4. The van der Waals surface area contributed by atoms with Gasteiger partial charge in [-0.1, -0.05) is 21.3 Å². The van der Waals surface area contributed by atoms with Crippen molar-refractivity contribution in [3.63, 3.8) is 0 Å². The van der Waals surface area contributed by atoms with Gasteiger partial charge in [0.05, 0.1) is 32.1 Å². The van der Waals surface area contributed by atoms with E-state index in [0.717, 1.165) is 0 Å². The van der Waals surface area contributed by atoms with Crippen LogP contribution in [0, 0.1) is 0 Å². The molecule has 4 atom stereocenters. The van der Waals surface area contributed by atoms with E-state index in [9.17, 15) is 38.4 Å². The molecule has 18 nitrogen and oxygen atoms in total. The van der Waals surface area contributed by atoms with E-state index in [0.29, 0.717) is 32.5 Å². The summed E-state index contributed by atoms with van der Waals surface area (Å²) < 4.78 is 30.2. The highest BCUT2D eigenvalue weighted by Crippen LogP contribution is 2.19. The molecule has 0 spiro atoms. The summed E-state index contributed by atoms with van der Waals surface area (Å²) in [6.07, 6.45) is -2.34. The van der Waals surface area contributed by atoms with Crippen molar-refractivity contribution >= 4 is 47.6 Å². The Hall–Kier alpha value is -4.32. The van der Waals surface area contributed by atoms with Crippen molar-refractivity contribution in [3.05, 3.63) is 0 Å². The van der Waals surface area contributed by atoms with Gasteiger partial charge in [-0.3, -0.25) is 38.4 Å². The Morgan fingerprint density at radius 1 is 0.617 bits per heavy atom. The molecule has 4 N–H and O–H groups in total. The van der Waals surface area contributed by atoms with Crippen LogP contribution in [0.15, 0.2) is 0 Å². The maximum atomic E-state index is 12.0. The smallest absolute Gasteiger partial charge is 0.317 e. The van der Waals surface area contributed by atoms with Crippen molar-refractivity contribution in [1.29, 1.82) is 0 Å². The molecule has 2 fully saturated rings. The monoisotopic (exact) mass is 678 g/mol. The molecule has 0 saturated carbocycles. The van der Waals surface area contributed by atoms with Gasteiger partial charge in [-0.05, 0) is 12.8 Å². The lowest BCUT2D eigenvalue weighted by Gasteiger charge is -2.16. The average Bonchev–Trinajstić information content (AvgIpc) is 3.87. The molecule has 0 aromatic heterocycles. The fraction of sp³-hybridized carbons (Fsp3) is 0.724. The molecule has 47 heavy (non-hydrogen) atoms. The van der Waals surface area contributed by atoms with Gasteiger partial charge in [0.2, 0.25) is 11.8 Å². The first-order valence-electron chi connectivity index (χ1n) is 14.3. The van der Waals surface area contributed by atoms with Crippen molar-refractivity contribution < 1.29 is 77.0 Å². The number of unbranched alkanes of at least 4 members (excludes halogenated alkanes) is 2. The third-order valence-corrected chi connectivity index (χ3v) is 6.06. The minimum absolute atomic E-state index is 0. The van der Waals surface area contributed by atoms with Crippen molar-refractivity contribution in [2.24, 2.45) is 0 Å². The minimum Gasteiger partial charge on any atom is -0.481 e. The van der Waals surface area contributed by atoms with E-state index in [2.05, 4.69) is 10.6 Å². The number of rotatable bonds is 24. The zero-order chi connectivity index (χ0) is 33.2. The molecule has 2 amide bonds. The maximum Gasteiger partial charge on any atom is 0.317 e. The molecule has 2 aliphatic rings. The second kappa shape index (κ2) is 23.1. The van der Waals surface area contributed by atoms with Crippen LogP contribution in [0.4, 0.5) is 0 Å². The first-order chi connectivity index (χ1) is 21.4. The van der Waals surface area contributed by atoms with E-state index < -0.39 is 73.2 Å². The lowest BCUT2D eigenvalue weighted by molar-refractivity contribution is -0.163. The van der Waals surface area contributed by atoms with E-state index in [4.69, 9.17) is 38.6 Å². The van der Waals surface area contributed by atoms with Crippen LogP contribution >= 0.6 is 0 Å². The number of epoxide rings is 2. The number of carboxylic acids is 2. The van der Waals surface area contributed by atoms with E-state index >= 15 is 0 Å². The van der Waals surface area contributed by atoms with E-state index in [-0.39, 0.29) is 78.5 Å². The summed E-state index contributed by atoms with van der Waals surface area (Å²) in [7, 11) is 0. The fourth-order valence-electron chi connectivity index (χ4n) is 3.75. The van der Waals surface area contributed by atoms with Crippen molar-refractivity contribution in [1.82, 2.24) is 10.6 Å². The third kappa shape index (κ3) is 22.8. The SMILES string of the molecule is C.C.O=C(O)CC(=O)OC(COC(=O)CCCCCC(=O)NCNC(=O)CC(=O)OCC(CC1CO1)OC(=O)CC(=O)O)CC1CO1. The molecule has 18 heteroatoms. The van der Waals surface area contributed by atoms with Gasteiger partial charge in [-0.25, -0.2) is 0 Å². The van der Waals surface area contributed by atoms with E-state index in [1.54, 1.807) is 0 Å². The number of carbonyl (C=O) groups excluding carboxylic acids is 6. The Bertz CT molecular complexity index is 1070. The van der Waals surface area contributed by atoms with Crippen molar-refractivity contribution in [2.75, 3.05) is 33.1 Å². The molecular weight excluding hydrogens is 632 g/mol.